The van der Waals surface area contributed by atoms with Gasteiger partial charge in [0, 0.05) is 5.75 Å². The lowest BCUT2D eigenvalue weighted by Crippen LogP contribution is -2.40. The summed E-state index contributed by atoms with van der Waals surface area (Å²) < 4.78 is 10.5. The number of carbonyl (C=O) groups is 1. The molecule has 0 radical (unpaired) electrons. The van der Waals surface area contributed by atoms with Crippen molar-refractivity contribution >= 4 is 17.7 Å². The Hall–Kier alpha value is -1.01. The van der Waals surface area contributed by atoms with Gasteiger partial charge in [-0.15, -0.1) is 0 Å². The molecule has 0 aliphatic rings. The fraction of sp³-hybridized carbons (Fsp3) is 0.692. The first kappa shape index (κ1) is 16.0. The van der Waals surface area contributed by atoms with Crippen molar-refractivity contribution in [2.45, 2.75) is 45.4 Å². The van der Waals surface area contributed by atoms with Crippen molar-refractivity contribution in [2.24, 2.45) is 0 Å². The number of hydrogen-bond donors (Lipinski definition) is 1. The summed E-state index contributed by atoms with van der Waals surface area (Å²) in [5.74, 6) is 1.15. The lowest BCUT2D eigenvalue weighted by molar-refractivity contribution is -0.144. The number of nitrogens with one attached hydrogen (secondary N) is 1. The van der Waals surface area contributed by atoms with Crippen LogP contribution in [0, 0.1) is 13.8 Å². The average molecular weight is 286 g/mol. The Kier molecular flexibility index (Phi) is 6.94. The zero-order valence-electron chi connectivity index (χ0n) is 12.0. The van der Waals surface area contributed by atoms with Gasteiger partial charge in [-0.05, 0) is 33.7 Å². The molecule has 0 bridgehead atoms. The lowest BCUT2D eigenvalue weighted by atomic mass is 10.3. The van der Waals surface area contributed by atoms with Crippen LogP contribution < -0.4 is 5.32 Å². The molecule has 0 saturated heterocycles. The molecule has 1 heterocycles. The van der Waals surface area contributed by atoms with Crippen LogP contribution in [0.1, 0.15) is 31.7 Å². The molecule has 1 aromatic heterocycles. The molecule has 1 atom stereocenters. The van der Waals surface area contributed by atoms with E-state index in [0.29, 0.717) is 17.6 Å². The fourth-order valence-electron chi connectivity index (χ4n) is 1.43. The highest BCUT2D eigenvalue weighted by atomic mass is 32.2. The molecule has 5 nitrogen and oxygen atoms in total. The van der Waals surface area contributed by atoms with E-state index in [1.807, 2.05) is 20.8 Å². The molecule has 19 heavy (non-hydrogen) atoms. The van der Waals surface area contributed by atoms with Crippen LogP contribution in [0.2, 0.25) is 0 Å². The monoisotopic (exact) mass is 286 g/mol. The zero-order valence-corrected chi connectivity index (χ0v) is 12.8. The van der Waals surface area contributed by atoms with Gasteiger partial charge in [0.2, 0.25) is 0 Å². The normalized spacial score (nSPS) is 12.4. The molecule has 1 unspecified atom stereocenters. The standard InChI is InChI=1S/C13H22N2O3S/c1-5-7-14-11(12(16)17-6-2)8-19-13-15-9(3)10(4)18-13/h11,14H,5-8H2,1-4H3. The van der Waals surface area contributed by atoms with Crippen molar-refractivity contribution in [3.63, 3.8) is 0 Å². The first-order valence-electron chi connectivity index (χ1n) is 6.55. The second kappa shape index (κ2) is 8.22. The van der Waals surface area contributed by atoms with E-state index in [2.05, 4.69) is 17.2 Å². The maximum absolute atomic E-state index is 11.8. The Morgan fingerprint density at radius 1 is 1.47 bits per heavy atom. The van der Waals surface area contributed by atoms with E-state index in [-0.39, 0.29) is 12.0 Å². The number of thioether (sulfide) groups is 1. The summed E-state index contributed by atoms with van der Waals surface area (Å²) in [5, 5.41) is 3.78. The number of hydrogen-bond acceptors (Lipinski definition) is 6. The van der Waals surface area contributed by atoms with E-state index in [9.17, 15) is 4.79 Å². The van der Waals surface area contributed by atoms with Crippen molar-refractivity contribution in [1.82, 2.24) is 10.3 Å². The molecule has 0 spiro atoms. The molecular formula is C13H22N2O3S. The number of aromatic nitrogens is 1. The maximum Gasteiger partial charge on any atom is 0.323 e. The highest BCUT2D eigenvalue weighted by Gasteiger charge is 2.20. The minimum Gasteiger partial charge on any atom is -0.465 e. The second-order valence-electron chi connectivity index (χ2n) is 4.19. The van der Waals surface area contributed by atoms with Crippen molar-refractivity contribution < 1.29 is 13.9 Å². The van der Waals surface area contributed by atoms with Gasteiger partial charge >= 0.3 is 5.97 Å². The van der Waals surface area contributed by atoms with Gasteiger partial charge in [-0.1, -0.05) is 18.7 Å². The Morgan fingerprint density at radius 2 is 2.21 bits per heavy atom. The first-order valence-corrected chi connectivity index (χ1v) is 7.53. The van der Waals surface area contributed by atoms with E-state index in [1.54, 1.807) is 0 Å². The highest BCUT2D eigenvalue weighted by Crippen LogP contribution is 2.21. The zero-order chi connectivity index (χ0) is 14.3. The summed E-state index contributed by atoms with van der Waals surface area (Å²) in [6, 6.07) is -0.322. The van der Waals surface area contributed by atoms with Crippen molar-refractivity contribution in [3.05, 3.63) is 11.5 Å². The topological polar surface area (TPSA) is 64.4 Å². The fourth-order valence-corrected chi connectivity index (χ4v) is 2.38. The van der Waals surface area contributed by atoms with Crippen LogP contribution in [0.4, 0.5) is 0 Å². The molecule has 0 aromatic carbocycles. The van der Waals surface area contributed by atoms with Gasteiger partial charge in [0.1, 0.15) is 11.8 Å². The lowest BCUT2D eigenvalue weighted by Gasteiger charge is -2.15. The molecule has 0 saturated carbocycles. The van der Waals surface area contributed by atoms with Gasteiger partial charge in [0.25, 0.3) is 5.22 Å². The van der Waals surface area contributed by atoms with Crippen LogP contribution in [0.15, 0.2) is 9.64 Å². The van der Waals surface area contributed by atoms with Gasteiger partial charge in [-0.25, -0.2) is 4.98 Å². The van der Waals surface area contributed by atoms with Crippen LogP contribution in [0.25, 0.3) is 0 Å². The SMILES string of the molecule is CCCNC(CSc1nc(C)c(C)o1)C(=O)OCC. The second-order valence-corrected chi connectivity index (χ2v) is 5.16. The van der Waals surface area contributed by atoms with E-state index >= 15 is 0 Å². The summed E-state index contributed by atoms with van der Waals surface area (Å²) >= 11 is 1.43. The number of aryl methyl sites for hydroxylation is 2. The molecule has 0 amide bonds. The van der Waals surface area contributed by atoms with Gasteiger partial charge in [0.05, 0.1) is 12.3 Å². The third-order valence-corrected chi connectivity index (χ3v) is 3.52. The maximum atomic E-state index is 11.8. The van der Waals surface area contributed by atoms with Crippen LogP contribution in [-0.4, -0.2) is 35.9 Å². The molecular weight excluding hydrogens is 264 g/mol. The molecule has 0 fully saturated rings. The molecule has 108 valence electrons. The number of nitrogens with zero attached hydrogens (tertiary/aromatic N) is 1. The Labute approximate surface area is 118 Å². The average Bonchev–Trinajstić information content (AvgIpc) is 2.69. The largest absolute Gasteiger partial charge is 0.465 e. The van der Waals surface area contributed by atoms with Gasteiger partial charge in [-0.2, -0.15) is 0 Å². The van der Waals surface area contributed by atoms with Crippen LogP contribution >= 0.6 is 11.8 Å². The molecule has 1 rings (SSSR count). The Balaban J connectivity index is 2.53. The highest BCUT2D eigenvalue weighted by molar-refractivity contribution is 7.99. The predicted molar refractivity (Wildman–Crippen MR) is 75.4 cm³/mol. The van der Waals surface area contributed by atoms with Crippen molar-refractivity contribution in [1.29, 1.82) is 0 Å². The first-order chi connectivity index (χ1) is 9.08. The van der Waals surface area contributed by atoms with Crippen LogP contribution in [-0.2, 0) is 9.53 Å². The smallest absolute Gasteiger partial charge is 0.323 e. The number of esters is 1. The summed E-state index contributed by atoms with van der Waals surface area (Å²) in [6.45, 7) is 8.83. The number of carbonyl (C=O) groups excluding carboxylic acids is 1. The van der Waals surface area contributed by atoms with E-state index < -0.39 is 0 Å². The van der Waals surface area contributed by atoms with E-state index in [4.69, 9.17) is 9.15 Å². The van der Waals surface area contributed by atoms with Crippen LogP contribution in [0.5, 0.6) is 0 Å². The van der Waals surface area contributed by atoms with Crippen molar-refractivity contribution in [2.75, 3.05) is 18.9 Å². The quantitative estimate of drug-likeness (QED) is 0.584. The molecule has 0 aliphatic carbocycles. The van der Waals surface area contributed by atoms with Crippen molar-refractivity contribution in [3.8, 4) is 0 Å². The summed E-state index contributed by atoms with van der Waals surface area (Å²) in [4.78, 5) is 16.1. The molecule has 1 N–H and O–H groups in total. The summed E-state index contributed by atoms with van der Waals surface area (Å²) in [5.41, 5.74) is 0.886. The third kappa shape index (κ3) is 5.24. The van der Waals surface area contributed by atoms with E-state index in [1.165, 1.54) is 11.8 Å². The summed E-state index contributed by atoms with van der Waals surface area (Å²) in [6.07, 6.45) is 0.970. The Morgan fingerprint density at radius 3 is 2.74 bits per heavy atom. The molecule has 0 aliphatic heterocycles. The third-order valence-electron chi connectivity index (χ3n) is 2.59. The number of oxazole rings is 1. The van der Waals surface area contributed by atoms with Gasteiger partial charge in [0.15, 0.2) is 0 Å². The minimum atomic E-state index is -0.322. The molecule has 1 aromatic rings. The minimum absolute atomic E-state index is 0.219. The number of ether oxygens (including phenoxy) is 1. The van der Waals surface area contributed by atoms with Gasteiger partial charge in [-0.3, -0.25) is 4.79 Å². The Bertz CT molecular complexity index is 387. The van der Waals surface area contributed by atoms with Crippen LogP contribution in [0.3, 0.4) is 0 Å². The van der Waals surface area contributed by atoms with Gasteiger partial charge < -0.3 is 14.5 Å². The molecule has 6 heteroatoms. The van der Waals surface area contributed by atoms with E-state index in [0.717, 1.165) is 24.4 Å². The number of rotatable bonds is 8. The predicted octanol–water partition coefficient (Wildman–Crippen LogP) is 2.31. The summed E-state index contributed by atoms with van der Waals surface area (Å²) in [7, 11) is 0.